The number of halogens is 2. The zero-order valence-corrected chi connectivity index (χ0v) is 26.7. The molecule has 3 aromatic rings. The highest BCUT2D eigenvalue weighted by molar-refractivity contribution is 9.10. The van der Waals surface area contributed by atoms with Crippen LogP contribution in [0.2, 0.25) is 5.02 Å². The minimum absolute atomic E-state index is 0.0224. The van der Waals surface area contributed by atoms with E-state index in [0.29, 0.717) is 17.4 Å². The first-order chi connectivity index (χ1) is 19.5. The number of amides is 2. The molecule has 0 radical (unpaired) electrons. The summed E-state index contributed by atoms with van der Waals surface area (Å²) in [4.78, 5) is 28.5. The highest BCUT2D eigenvalue weighted by atomic mass is 79.9. The molecule has 8 nitrogen and oxygen atoms in total. The predicted octanol–water partition coefficient (Wildman–Crippen LogP) is 6.03. The van der Waals surface area contributed by atoms with Gasteiger partial charge in [-0.25, -0.2) is 8.42 Å². The Morgan fingerprint density at radius 2 is 1.56 bits per heavy atom. The molecule has 0 aliphatic carbocycles. The van der Waals surface area contributed by atoms with Crippen LogP contribution in [0, 0.1) is 0 Å². The first-order valence-electron chi connectivity index (χ1n) is 13.3. The number of sulfonamides is 1. The summed E-state index contributed by atoms with van der Waals surface area (Å²) in [5.74, 6) is -0.297. The standard InChI is InChI=1S/C30H35BrClN3O5S/c1-5-21(3)33-30(37)22(4)34(19-23-7-11-25(32)12-8-23)29(36)20-35(26-13-15-27(16-14-26)40-6-2)41(38,39)28-17-9-24(31)10-18-28/h7-18,21-22H,5-6,19-20H2,1-4H3,(H,33,37)/t21-,22-/m1/s1. The molecule has 0 aliphatic rings. The number of hydrogen-bond acceptors (Lipinski definition) is 5. The highest BCUT2D eigenvalue weighted by Gasteiger charge is 2.32. The van der Waals surface area contributed by atoms with Gasteiger partial charge in [-0.1, -0.05) is 46.6 Å². The maximum absolute atomic E-state index is 14.0. The third kappa shape index (κ3) is 8.70. The van der Waals surface area contributed by atoms with Gasteiger partial charge >= 0.3 is 0 Å². The number of carbonyl (C=O) groups excluding carboxylic acids is 2. The summed E-state index contributed by atoms with van der Waals surface area (Å²) in [6.45, 7) is 7.33. The van der Waals surface area contributed by atoms with Gasteiger partial charge in [0.1, 0.15) is 18.3 Å². The van der Waals surface area contributed by atoms with Crippen LogP contribution in [0.4, 0.5) is 5.69 Å². The monoisotopic (exact) mass is 663 g/mol. The van der Waals surface area contributed by atoms with Gasteiger partial charge < -0.3 is 15.0 Å². The van der Waals surface area contributed by atoms with E-state index in [2.05, 4.69) is 21.2 Å². The van der Waals surface area contributed by atoms with E-state index in [1.807, 2.05) is 20.8 Å². The molecule has 2 amide bonds. The van der Waals surface area contributed by atoms with Crippen molar-refractivity contribution in [3.63, 3.8) is 0 Å². The second-order valence-corrected chi connectivity index (χ2v) is 12.7. The third-order valence-corrected chi connectivity index (χ3v) is 9.12. The molecule has 0 bridgehead atoms. The molecule has 3 aromatic carbocycles. The first kappa shape index (κ1) is 32.4. The van der Waals surface area contributed by atoms with E-state index in [1.54, 1.807) is 67.6 Å². The van der Waals surface area contributed by atoms with Gasteiger partial charge in [0.25, 0.3) is 10.0 Å². The van der Waals surface area contributed by atoms with Crippen molar-refractivity contribution in [2.45, 2.75) is 57.6 Å². The molecule has 220 valence electrons. The van der Waals surface area contributed by atoms with E-state index in [4.69, 9.17) is 16.3 Å². The van der Waals surface area contributed by atoms with Crippen molar-refractivity contribution in [3.05, 3.63) is 87.9 Å². The van der Waals surface area contributed by atoms with Gasteiger partial charge in [-0.2, -0.15) is 0 Å². The smallest absolute Gasteiger partial charge is 0.264 e. The molecule has 0 aromatic heterocycles. The fourth-order valence-corrected chi connectivity index (χ4v) is 5.78. The molecule has 0 saturated carbocycles. The number of ether oxygens (including phenoxy) is 1. The van der Waals surface area contributed by atoms with E-state index >= 15 is 0 Å². The van der Waals surface area contributed by atoms with Gasteiger partial charge in [-0.15, -0.1) is 0 Å². The van der Waals surface area contributed by atoms with Gasteiger partial charge in [0.05, 0.1) is 17.2 Å². The highest BCUT2D eigenvalue weighted by Crippen LogP contribution is 2.27. The van der Waals surface area contributed by atoms with Crippen molar-refractivity contribution in [1.29, 1.82) is 0 Å². The van der Waals surface area contributed by atoms with Gasteiger partial charge in [-0.3, -0.25) is 13.9 Å². The molecule has 41 heavy (non-hydrogen) atoms. The average molecular weight is 665 g/mol. The predicted molar refractivity (Wildman–Crippen MR) is 166 cm³/mol. The number of carbonyl (C=O) groups is 2. The van der Waals surface area contributed by atoms with Crippen molar-refractivity contribution in [2.24, 2.45) is 0 Å². The lowest BCUT2D eigenvalue weighted by molar-refractivity contribution is -0.139. The quantitative estimate of drug-likeness (QED) is 0.241. The Morgan fingerprint density at radius 1 is 0.951 bits per heavy atom. The van der Waals surface area contributed by atoms with Crippen LogP contribution in [0.15, 0.2) is 82.2 Å². The lowest BCUT2D eigenvalue weighted by atomic mass is 10.1. The van der Waals surface area contributed by atoms with E-state index in [1.165, 1.54) is 17.0 Å². The molecule has 1 N–H and O–H groups in total. The Bertz CT molecular complexity index is 1420. The van der Waals surface area contributed by atoms with E-state index < -0.39 is 28.5 Å². The van der Waals surface area contributed by atoms with E-state index in [9.17, 15) is 18.0 Å². The van der Waals surface area contributed by atoms with Crippen LogP contribution in [0.5, 0.6) is 5.75 Å². The van der Waals surface area contributed by atoms with Crippen LogP contribution in [0.3, 0.4) is 0 Å². The molecule has 0 spiro atoms. The van der Waals surface area contributed by atoms with Gasteiger partial charge in [0, 0.05) is 22.1 Å². The van der Waals surface area contributed by atoms with E-state index in [0.717, 1.165) is 20.8 Å². The fourth-order valence-electron chi connectivity index (χ4n) is 3.97. The summed E-state index contributed by atoms with van der Waals surface area (Å²) in [5.41, 5.74) is 1.03. The largest absolute Gasteiger partial charge is 0.494 e. The third-order valence-electron chi connectivity index (χ3n) is 6.55. The van der Waals surface area contributed by atoms with Crippen molar-refractivity contribution in [3.8, 4) is 5.75 Å². The van der Waals surface area contributed by atoms with Gasteiger partial charge in [-0.05, 0) is 93.4 Å². The Hall–Kier alpha value is -3.08. The summed E-state index contributed by atoms with van der Waals surface area (Å²) >= 11 is 9.39. The lowest BCUT2D eigenvalue weighted by Gasteiger charge is -2.32. The second kappa shape index (κ2) is 14.7. The molecule has 0 aliphatic heterocycles. The number of nitrogens with one attached hydrogen (secondary N) is 1. The summed E-state index contributed by atoms with van der Waals surface area (Å²) in [6, 6.07) is 18.7. The number of benzene rings is 3. The van der Waals surface area contributed by atoms with Crippen LogP contribution in [-0.4, -0.2) is 50.4 Å². The molecular formula is C30H35BrClN3O5S. The number of anilines is 1. The number of hydrogen-bond donors (Lipinski definition) is 1. The second-order valence-electron chi connectivity index (χ2n) is 9.53. The van der Waals surface area contributed by atoms with Crippen molar-refractivity contribution in [1.82, 2.24) is 10.2 Å². The minimum atomic E-state index is -4.17. The van der Waals surface area contributed by atoms with Crippen LogP contribution < -0.4 is 14.4 Å². The summed E-state index contributed by atoms with van der Waals surface area (Å²) in [5, 5.41) is 3.46. The Morgan fingerprint density at radius 3 is 2.12 bits per heavy atom. The maximum Gasteiger partial charge on any atom is 0.264 e. The van der Waals surface area contributed by atoms with Gasteiger partial charge in [0.15, 0.2) is 0 Å². The summed E-state index contributed by atoms with van der Waals surface area (Å²) in [7, 11) is -4.17. The Kier molecular flexibility index (Phi) is 11.6. The Balaban J connectivity index is 2.02. The maximum atomic E-state index is 14.0. The van der Waals surface area contributed by atoms with Crippen molar-refractivity contribution < 1.29 is 22.7 Å². The van der Waals surface area contributed by atoms with Crippen molar-refractivity contribution >= 4 is 55.1 Å². The zero-order valence-electron chi connectivity index (χ0n) is 23.5. The van der Waals surface area contributed by atoms with Crippen molar-refractivity contribution in [2.75, 3.05) is 17.5 Å². The lowest BCUT2D eigenvalue weighted by Crippen LogP contribution is -2.52. The van der Waals surface area contributed by atoms with E-state index in [-0.39, 0.29) is 29.1 Å². The number of rotatable bonds is 13. The SMILES string of the molecule is CCOc1ccc(N(CC(=O)N(Cc2ccc(Cl)cc2)[C@H](C)C(=O)N[C@H](C)CC)S(=O)(=O)c2ccc(Br)cc2)cc1. The molecule has 11 heteroatoms. The first-order valence-corrected chi connectivity index (χ1v) is 15.9. The summed E-state index contributed by atoms with van der Waals surface area (Å²) < 4.78 is 35.1. The topological polar surface area (TPSA) is 96.0 Å². The summed E-state index contributed by atoms with van der Waals surface area (Å²) in [6.07, 6.45) is 0.723. The Labute approximate surface area is 255 Å². The fraction of sp³-hybridized carbons (Fsp3) is 0.333. The molecule has 0 unspecified atom stereocenters. The number of nitrogens with zero attached hydrogens (tertiary/aromatic N) is 2. The van der Waals surface area contributed by atoms with Crippen LogP contribution in [0.25, 0.3) is 0 Å². The molecule has 0 heterocycles. The van der Waals surface area contributed by atoms with Crippen LogP contribution in [0.1, 0.15) is 39.7 Å². The molecule has 2 atom stereocenters. The van der Waals surface area contributed by atoms with Gasteiger partial charge in [0.2, 0.25) is 11.8 Å². The van der Waals surface area contributed by atoms with Crippen LogP contribution >= 0.6 is 27.5 Å². The van der Waals surface area contributed by atoms with Crippen LogP contribution in [-0.2, 0) is 26.2 Å². The molecular weight excluding hydrogens is 630 g/mol. The zero-order chi connectivity index (χ0) is 30.2. The normalized spacial score (nSPS) is 12.7. The average Bonchev–Trinajstić information content (AvgIpc) is 2.95. The minimum Gasteiger partial charge on any atom is -0.494 e. The molecule has 0 saturated heterocycles. The molecule has 3 rings (SSSR count). The molecule has 0 fully saturated rings.